The van der Waals surface area contributed by atoms with Gasteiger partial charge in [-0.3, -0.25) is 0 Å². The van der Waals surface area contributed by atoms with Gasteiger partial charge >= 0.3 is 0 Å². The topological polar surface area (TPSA) is 35.2 Å². The second-order valence-electron chi connectivity index (χ2n) is 4.02. The quantitative estimate of drug-likeness (QED) is 0.852. The van der Waals surface area contributed by atoms with Crippen LogP contribution in [0.3, 0.4) is 0 Å². The van der Waals surface area contributed by atoms with Crippen molar-refractivity contribution in [1.29, 1.82) is 0 Å². The van der Waals surface area contributed by atoms with E-state index in [-0.39, 0.29) is 6.04 Å². The fraction of sp³-hybridized carbons (Fsp3) is 0.200. The maximum absolute atomic E-state index is 6.03. The normalized spacial score (nSPS) is 12.3. The predicted octanol–water partition coefficient (Wildman–Crippen LogP) is 2.90. The first-order valence-corrected chi connectivity index (χ1v) is 5.78. The minimum atomic E-state index is -0.0556. The Labute approximate surface area is 102 Å². The molecule has 88 valence electrons. The Hall–Kier alpha value is -1.64. The summed E-state index contributed by atoms with van der Waals surface area (Å²) in [6.45, 7) is 1.15. The highest BCUT2D eigenvalue weighted by molar-refractivity contribution is 5.18. The molecule has 2 rings (SSSR count). The molecule has 0 unspecified atom stereocenters. The molecule has 0 radical (unpaired) electrons. The highest BCUT2D eigenvalue weighted by Gasteiger charge is 2.04. The first-order valence-electron chi connectivity index (χ1n) is 5.78. The maximum atomic E-state index is 6.03. The van der Waals surface area contributed by atoms with E-state index in [9.17, 15) is 0 Å². The molecule has 0 saturated carbocycles. The lowest BCUT2D eigenvalue weighted by Crippen LogP contribution is -2.16. The number of ether oxygens (including phenoxy) is 1. The SMILES string of the molecule is N[C@@H](COCc1ccccc1)c1ccccc1. The lowest BCUT2D eigenvalue weighted by Gasteiger charge is -2.12. The van der Waals surface area contributed by atoms with E-state index in [1.54, 1.807) is 0 Å². The first-order chi connectivity index (χ1) is 8.36. The Kier molecular flexibility index (Phi) is 4.30. The fourth-order valence-electron chi connectivity index (χ4n) is 1.67. The summed E-state index contributed by atoms with van der Waals surface area (Å²) in [7, 11) is 0. The molecule has 0 aliphatic rings. The van der Waals surface area contributed by atoms with E-state index < -0.39 is 0 Å². The molecule has 0 fully saturated rings. The molecule has 0 aromatic heterocycles. The van der Waals surface area contributed by atoms with Gasteiger partial charge in [0.15, 0.2) is 0 Å². The van der Waals surface area contributed by atoms with E-state index in [1.165, 1.54) is 5.56 Å². The third-order valence-corrected chi connectivity index (χ3v) is 2.64. The zero-order chi connectivity index (χ0) is 11.9. The second kappa shape index (κ2) is 6.18. The summed E-state index contributed by atoms with van der Waals surface area (Å²) in [6, 6.07) is 20.1. The molecule has 2 heteroatoms. The van der Waals surface area contributed by atoms with Crippen molar-refractivity contribution < 1.29 is 4.74 Å². The largest absolute Gasteiger partial charge is 0.375 e. The van der Waals surface area contributed by atoms with Crippen LogP contribution in [0.1, 0.15) is 17.2 Å². The van der Waals surface area contributed by atoms with Crippen molar-refractivity contribution in [3.8, 4) is 0 Å². The van der Waals surface area contributed by atoms with Crippen LogP contribution in [0, 0.1) is 0 Å². The lowest BCUT2D eigenvalue weighted by atomic mass is 10.1. The Morgan fingerprint density at radius 3 is 2.12 bits per heavy atom. The van der Waals surface area contributed by atoms with Crippen molar-refractivity contribution in [2.45, 2.75) is 12.6 Å². The number of rotatable bonds is 5. The summed E-state index contributed by atoms with van der Waals surface area (Å²) < 4.78 is 5.61. The van der Waals surface area contributed by atoms with E-state index in [0.29, 0.717) is 13.2 Å². The minimum absolute atomic E-state index is 0.0556. The van der Waals surface area contributed by atoms with Gasteiger partial charge in [0.1, 0.15) is 0 Å². The van der Waals surface area contributed by atoms with Crippen molar-refractivity contribution in [3.63, 3.8) is 0 Å². The molecule has 2 aromatic carbocycles. The fourth-order valence-corrected chi connectivity index (χ4v) is 1.67. The Morgan fingerprint density at radius 1 is 0.882 bits per heavy atom. The van der Waals surface area contributed by atoms with Crippen molar-refractivity contribution in [1.82, 2.24) is 0 Å². The van der Waals surface area contributed by atoms with Crippen LogP contribution in [0.15, 0.2) is 60.7 Å². The van der Waals surface area contributed by atoms with Gasteiger partial charge in [-0.1, -0.05) is 60.7 Å². The second-order valence-corrected chi connectivity index (χ2v) is 4.02. The van der Waals surface area contributed by atoms with E-state index in [2.05, 4.69) is 0 Å². The van der Waals surface area contributed by atoms with Crippen LogP contribution in [0.5, 0.6) is 0 Å². The molecule has 2 aromatic rings. The average Bonchev–Trinajstić information content (AvgIpc) is 2.41. The zero-order valence-corrected chi connectivity index (χ0v) is 9.75. The average molecular weight is 227 g/mol. The molecule has 1 atom stereocenters. The number of nitrogens with two attached hydrogens (primary N) is 1. The zero-order valence-electron chi connectivity index (χ0n) is 9.75. The highest BCUT2D eigenvalue weighted by atomic mass is 16.5. The third kappa shape index (κ3) is 3.70. The van der Waals surface area contributed by atoms with Crippen LogP contribution in [-0.2, 0) is 11.3 Å². The minimum Gasteiger partial charge on any atom is -0.375 e. The van der Waals surface area contributed by atoms with Gasteiger partial charge in [0.2, 0.25) is 0 Å². The molecule has 17 heavy (non-hydrogen) atoms. The molecule has 0 saturated heterocycles. The van der Waals surface area contributed by atoms with Crippen LogP contribution in [0.2, 0.25) is 0 Å². The van der Waals surface area contributed by atoms with E-state index in [1.807, 2.05) is 60.7 Å². The molecular weight excluding hydrogens is 210 g/mol. The number of hydrogen-bond acceptors (Lipinski definition) is 2. The standard InChI is InChI=1S/C15H17NO/c16-15(14-9-5-2-6-10-14)12-17-11-13-7-3-1-4-8-13/h1-10,15H,11-12,16H2/t15-/m0/s1. The Balaban J connectivity index is 1.79. The number of benzene rings is 2. The van der Waals surface area contributed by atoms with E-state index in [4.69, 9.17) is 10.5 Å². The third-order valence-electron chi connectivity index (χ3n) is 2.64. The van der Waals surface area contributed by atoms with Crippen LogP contribution in [-0.4, -0.2) is 6.61 Å². The first kappa shape index (κ1) is 11.8. The summed E-state index contributed by atoms with van der Waals surface area (Å²) >= 11 is 0. The van der Waals surface area contributed by atoms with Crippen LogP contribution in [0.25, 0.3) is 0 Å². The summed E-state index contributed by atoms with van der Waals surface area (Å²) in [6.07, 6.45) is 0. The molecule has 0 bridgehead atoms. The van der Waals surface area contributed by atoms with Gasteiger partial charge in [-0.2, -0.15) is 0 Å². The van der Waals surface area contributed by atoms with Gasteiger partial charge in [0.05, 0.1) is 19.3 Å². The smallest absolute Gasteiger partial charge is 0.0717 e. The molecule has 0 amide bonds. The van der Waals surface area contributed by atoms with Gasteiger partial charge in [0, 0.05) is 0 Å². The van der Waals surface area contributed by atoms with Crippen molar-refractivity contribution in [2.75, 3.05) is 6.61 Å². The number of hydrogen-bond donors (Lipinski definition) is 1. The summed E-state index contributed by atoms with van der Waals surface area (Å²) in [5.74, 6) is 0. The molecule has 0 spiro atoms. The van der Waals surface area contributed by atoms with Crippen molar-refractivity contribution >= 4 is 0 Å². The Bertz CT molecular complexity index is 427. The molecule has 0 aliphatic carbocycles. The molecule has 2 nitrogen and oxygen atoms in total. The van der Waals surface area contributed by atoms with Crippen molar-refractivity contribution in [3.05, 3.63) is 71.8 Å². The molecular formula is C15H17NO. The van der Waals surface area contributed by atoms with Gasteiger partial charge in [-0.15, -0.1) is 0 Å². The lowest BCUT2D eigenvalue weighted by molar-refractivity contribution is 0.108. The van der Waals surface area contributed by atoms with Crippen LogP contribution >= 0.6 is 0 Å². The van der Waals surface area contributed by atoms with E-state index in [0.717, 1.165) is 5.56 Å². The van der Waals surface area contributed by atoms with Crippen LogP contribution in [0.4, 0.5) is 0 Å². The van der Waals surface area contributed by atoms with Crippen molar-refractivity contribution in [2.24, 2.45) is 5.73 Å². The predicted molar refractivity (Wildman–Crippen MR) is 69.5 cm³/mol. The van der Waals surface area contributed by atoms with E-state index >= 15 is 0 Å². The molecule has 0 heterocycles. The summed E-state index contributed by atoms with van der Waals surface area (Å²) in [5.41, 5.74) is 8.32. The molecule has 0 aliphatic heterocycles. The molecule has 2 N–H and O–H groups in total. The van der Waals surface area contributed by atoms with Gasteiger partial charge in [0.25, 0.3) is 0 Å². The monoisotopic (exact) mass is 227 g/mol. The van der Waals surface area contributed by atoms with Gasteiger partial charge < -0.3 is 10.5 Å². The maximum Gasteiger partial charge on any atom is 0.0717 e. The van der Waals surface area contributed by atoms with Gasteiger partial charge in [-0.25, -0.2) is 0 Å². The van der Waals surface area contributed by atoms with Crippen LogP contribution < -0.4 is 5.73 Å². The van der Waals surface area contributed by atoms with Gasteiger partial charge in [-0.05, 0) is 11.1 Å². The summed E-state index contributed by atoms with van der Waals surface area (Å²) in [4.78, 5) is 0. The summed E-state index contributed by atoms with van der Waals surface area (Å²) in [5, 5.41) is 0. The highest BCUT2D eigenvalue weighted by Crippen LogP contribution is 2.10. The Morgan fingerprint density at radius 2 is 1.47 bits per heavy atom.